The maximum absolute atomic E-state index is 5.16. The number of guanidine groups is 1. The van der Waals surface area contributed by atoms with Crippen molar-refractivity contribution in [3.05, 3.63) is 59.3 Å². The average molecular weight is 468 g/mol. The van der Waals surface area contributed by atoms with Crippen molar-refractivity contribution in [3.8, 4) is 5.88 Å². The van der Waals surface area contributed by atoms with Crippen molar-refractivity contribution < 1.29 is 4.74 Å². The Hall–Kier alpha value is -1.83. The summed E-state index contributed by atoms with van der Waals surface area (Å²) >= 11 is 0. The summed E-state index contributed by atoms with van der Waals surface area (Å²) in [4.78, 5) is 9.01. The van der Waals surface area contributed by atoms with Crippen molar-refractivity contribution in [3.63, 3.8) is 0 Å². The molecule has 0 bridgehead atoms. The fraction of sp³-hybridized carbons (Fsp3) is 0.400. The van der Waals surface area contributed by atoms with E-state index in [1.165, 1.54) is 11.1 Å². The minimum absolute atomic E-state index is 0. The lowest BCUT2D eigenvalue weighted by molar-refractivity contribution is 0.396. The summed E-state index contributed by atoms with van der Waals surface area (Å²) in [6.07, 6.45) is 0. The summed E-state index contributed by atoms with van der Waals surface area (Å²) in [5, 5.41) is 6.70. The van der Waals surface area contributed by atoms with Crippen LogP contribution in [-0.2, 0) is 6.54 Å². The highest BCUT2D eigenvalue weighted by Crippen LogP contribution is 2.15. The van der Waals surface area contributed by atoms with E-state index in [4.69, 9.17) is 4.74 Å². The Morgan fingerprint density at radius 1 is 1.19 bits per heavy atom. The predicted molar refractivity (Wildman–Crippen MR) is 119 cm³/mol. The van der Waals surface area contributed by atoms with Gasteiger partial charge in [-0.15, -0.1) is 24.0 Å². The van der Waals surface area contributed by atoms with Crippen molar-refractivity contribution in [2.45, 2.75) is 33.2 Å². The molecular formula is C20H29IN4O. The van der Waals surface area contributed by atoms with Crippen molar-refractivity contribution >= 4 is 29.9 Å². The molecule has 5 nitrogen and oxygen atoms in total. The number of aromatic nitrogens is 1. The van der Waals surface area contributed by atoms with Gasteiger partial charge in [-0.3, -0.25) is 0 Å². The minimum atomic E-state index is 0. The second-order valence-corrected chi connectivity index (χ2v) is 6.06. The Labute approximate surface area is 173 Å². The highest BCUT2D eigenvalue weighted by atomic mass is 127. The first-order chi connectivity index (χ1) is 12.1. The molecule has 0 spiro atoms. The number of rotatable bonds is 7. The number of aliphatic imine (C=N–C) groups is 1. The monoisotopic (exact) mass is 468 g/mol. The van der Waals surface area contributed by atoms with Gasteiger partial charge in [0.05, 0.1) is 19.3 Å². The van der Waals surface area contributed by atoms with Crippen LogP contribution < -0.4 is 15.4 Å². The summed E-state index contributed by atoms with van der Waals surface area (Å²) < 4.78 is 5.16. The second kappa shape index (κ2) is 11.7. The molecule has 0 radical (unpaired) electrons. The molecule has 1 unspecified atom stereocenters. The Morgan fingerprint density at radius 3 is 2.65 bits per heavy atom. The number of halogens is 1. The normalized spacial score (nSPS) is 12.1. The number of methoxy groups -OCH3 is 1. The lowest BCUT2D eigenvalue weighted by atomic mass is 9.99. The number of nitrogens with one attached hydrogen (secondary N) is 2. The molecule has 2 rings (SSSR count). The van der Waals surface area contributed by atoms with Gasteiger partial charge in [0.15, 0.2) is 5.96 Å². The van der Waals surface area contributed by atoms with E-state index in [1.807, 2.05) is 18.2 Å². The van der Waals surface area contributed by atoms with Gasteiger partial charge < -0.3 is 15.4 Å². The molecule has 1 heterocycles. The first-order valence-electron chi connectivity index (χ1n) is 8.71. The first-order valence-corrected chi connectivity index (χ1v) is 8.71. The molecule has 2 N–H and O–H groups in total. The van der Waals surface area contributed by atoms with Gasteiger partial charge in [-0.1, -0.05) is 42.8 Å². The van der Waals surface area contributed by atoms with Gasteiger partial charge in [-0.2, -0.15) is 0 Å². The topological polar surface area (TPSA) is 58.5 Å². The van der Waals surface area contributed by atoms with E-state index in [0.29, 0.717) is 18.3 Å². The molecule has 0 saturated heterocycles. The molecule has 2 aromatic rings. The molecule has 1 atom stereocenters. The zero-order chi connectivity index (χ0) is 18.1. The fourth-order valence-electron chi connectivity index (χ4n) is 2.51. The Kier molecular flexibility index (Phi) is 10.0. The van der Waals surface area contributed by atoms with Crippen LogP contribution in [0.3, 0.4) is 0 Å². The highest BCUT2D eigenvalue weighted by Gasteiger charge is 2.07. The number of ether oxygens (including phenoxy) is 1. The van der Waals surface area contributed by atoms with Gasteiger partial charge in [0.1, 0.15) is 0 Å². The van der Waals surface area contributed by atoms with Crippen molar-refractivity contribution in [2.24, 2.45) is 4.99 Å². The molecule has 142 valence electrons. The molecule has 0 aliphatic rings. The van der Waals surface area contributed by atoms with Crippen LogP contribution in [0.4, 0.5) is 0 Å². The summed E-state index contributed by atoms with van der Waals surface area (Å²) in [6, 6.07) is 14.3. The Morgan fingerprint density at radius 2 is 1.96 bits per heavy atom. The quantitative estimate of drug-likeness (QED) is 0.368. The molecule has 26 heavy (non-hydrogen) atoms. The summed E-state index contributed by atoms with van der Waals surface area (Å²) in [6.45, 7) is 8.54. The molecule has 0 amide bonds. The molecule has 1 aromatic heterocycles. The highest BCUT2D eigenvalue weighted by molar-refractivity contribution is 14.0. The van der Waals surface area contributed by atoms with E-state index in [-0.39, 0.29) is 24.0 Å². The van der Waals surface area contributed by atoms with Gasteiger partial charge in [0.25, 0.3) is 0 Å². The molecule has 1 aromatic carbocycles. The molecule has 0 aliphatic carbocycles. The smallest absolute Gasteiger partial charge is 0.213 e. The van der Waals surface area contributed by atoms with Gasteiger partial charge in [0.2, 0.25) is 5.88 Å². The van der Waals surface area contributed by atoms with Crippen molar-refractivity contribution in [1.82, 2.24) is 15.6 Å². The number of benzene rings is 1. The van der Waals surface area contributed by atoms with E-state index in [2.05, 4.69) is 65.6 Å². The van der Waals surface area contributed by atoms with Crippen molar-refractivity contribution in [1.29, 1.82) is 0 Å². The van der Waals surface area contributed by atoms with E-state index in [9.17, 15) is 0 Å². The van der Waals surface area contributed by atoms with Crippen LogP contribution >= 0.6 is 24.0 Å². The predicted octanol–water partition coefficient (Wildman–Crippen LogP) is 3.88. The fourth-order valence-corrected chi connectivity index (χ4v) is 2.51. The van der Waals surface area contributed by atoms with Crippen LogP contribution in [0.25, 0.3) is 0 Å². The van der Waals surface area contributed by atoms with E-state index in [1.54, 1.807) is 7.11 Å². The standard InChI is InChI=1S/C20H28N4O.HI/c1-5-21-20(23-14-18-10-7-11-19(24-18)25-4)22-13-16(3)17-9-6-8-15(2)12-17;/h6-12,16H,5,13-14H2,1-4H3,(H2,21,22,23);1H. The van der Waals surface area contributed by atoms with Gasteiger partial charge in [-0.25, -0.2) is 9.98 Å². The average Bonchev–Trinajstić information content (AvgIpc) is 2.64. The van der Waals surface area contributed by atoms with Crippen LogP contribution in [0.1, 0.15) is 36.6 Å². The van der Waals surface area contributed by atoms with Crippen LogP contribution in [0.2, 0.25) is 0 Å². The van der Waals surface area contributed by atoms with Crippen LogP contribution in [0.5, 0.6) is 5.88 Å². The third-order valence-electron chi connectivity index (χ3n) is 3.92. The van der Waals surface area contributed by atoms with E-state index in [0.717, 1.165) is 24.7 Å². The molecule has 0 aliphatic heterocycles. The van der Waals surface area contributed by atoms with E-state index < -0.39 is 0 Å². The van der Waals surface area contributed by atoms with Crippen LogP contribution in [0, 0.1) is 6.92 Å². The van der Waals surface area contributed by atoms with Gasteiger partial charge >= 0.3 is 0 Å². The first kappa shape index (κ1) is 22.2. The maximum atomic E-state index is 5.16. The third-order valence-corrected chi connectivity index (χ3v) is 3.92. The zero-order valence-corrected chi connectivity index (χ0v) is 18.3. The Bertz CT molecular complexity index is 706. The Balaban J connectivity index is 0.00000338. The SMILES string of the molecule is CCNC(=NCc1cccc(OC)n1)NCC(C)c1cccc(C)c1.I. The minimum Gasteiger partial charge on any atom is -0.481 e. The van der Waals surface area contributed by atoms with E-state index >= 15 is 0 Å². The summed E-state index contributed by atoms with van der Waals surface area (Å²) in [7, 11) is 1.62. The number of nitrogens with zero attached hydrogens (tertiary/aromatic N) is 2. The molecule has 0 saturated carbocycles. The van der Waals surface area contributed by atoms with Crippen molar-refractivity contribution in [2.75, 3.05) is 20.2 Å². The largest absolute Gasteiger partial charge is 0.481 e. The molecule has 0 fully saturated rings. The summed E-state index contributed by atoms with van der Waals surface area (Å²) in [5.74, 6) is 1.81. The maximum Gasteiger partial charge on any atom is 0.213 e. The zero-order valence-electron chi connectivity index (χ0n) is 16.0. The summed E-state index contributed by atoms with van der Waals surface area (Å²) in [5.41, 5.74) is 3.50. The second-order valence-electron chi connectivity index (χ2n) is 6.06. The third kappa shape index (κ3) is 7.19. The molecule has 6 heteroatoms. The van der Waals surface area contributed by atoms with Crippen LogP contribution in [-0.4, -0.2) is 31.1 Å². The number of pyridine rings is 1. The lowest BCUT2D eigenvalue weighted by Crippen LogP contribution is -2.39. The van der Waals surface area contributed by atoms with Gasteiger partial charge in [-0.05, 0) is 31.4 Å². The number of hydrogen-bond donors (Lipinski definition) is 2. The number of aryl methyl sites for hydroxylation is 1. The lowest BCUT2D eigenvalue weighted by Gasteiger charge is -2.16. The molecular weight excluding hydrogens is 439 g/mol. The van der Waals surface area contributed by atoms with Gasteiger partial charge in [0, 0.05) is 19.2 Å². The number of hydrogen-bond acceptors (Lipinski definition) is 3. The van der Waals surface area contributed by atoms with Crippen LogP contribution in [0.15, 0.2) is 47.5 Å².